The average molecular weight is 139 g/mol. The van der Waals surface area contributed by atoms with Crippen LogP contribution in [0.5, 0.6) is 0 Å². The maximum atomic E-state index is 10.6. The van der Waals surface area contributed by atoms with E-state index in [1.165, 1.54) is 0 Å². The first kappa shape index (κ1) is 7.10. The van der Waals surface area contributed by atoms with Gasteiger partial charge in [-0.3, -0.25) is 4.79 Å². The highest BCUT2D eigenvalue weighted by Gasteiger charge is 2.12. The minimum Gasteiger partial charge on any atom is -0.356 e. The minimum absolute atomic E-state index is 0.0854. The molecule has 1 unspecified atom stereocenters. The monoisotopic (exact) mass is 139 g/mol. The maximum absolute atomic E-state index is 10.6. The molecule has 3 heteroatoms. The Morgan fingerprint density at radius 2 is 2.60 bits per heavy atom. The summed E-state index contributed by atoms with van der Waals surface area (Å²) in [5, 5.41) is 2.65. The lowest BCUT2D eigenvalue weighted by Crippen LogP contribution is -2.24. The summed E-state index contributed by atoms with van der Waals surface area (Å²) in [7, 11) is 0. The van der Waals surface area contributed by atoms with E-state index >= 15 is 0 Å². The standard InChI is InChI=1S/C7H9NO2/c1-2-6-3-4-8-7(9)5-10-6/h1,6H,3-5H2,(H,8,9). The van der Waals surface area contributed by atoms with E-state index in [1.54, 1.807) is 0 Å². The molecule has 1 fully saturated rings. The molecule has 54 valence electrons. The van der Waals surface area contributed by atoms with Gasteiger partial charge in [0.05, 0.1) is 0 Å². The SMILES string of the molecule is C#CC1CCNC(=O)CO1. The second kappa shape index (κ2) is 3.23. The lowest BCUT2D eigenvalue weighted by molar-refractivity contribution is -0.124. The van der Waals surface area contributed by atoms with Gasteiger partial charge >= 0.3 is 0 Å². The Balaban J connectivity index is 2.42. The van der Waals surface area contributed by atoms with E-state index in [0.29, 0.717) is 13.0 Å². The highest BCUT2D eigenvalue weighted by molar-refractivity contribution is 5.77. The zero-order valence-electron chi connectivity index (χ0n) is 5.59. The molecule has 3 nitrogen and oxygen atoms in total. The van der Waals surface area contributed by atoms with Gasteiger partial charge in [0.25, 0.3) is 0 Å². The summed E-state index contributed by atoms with van der Waals surface area (Å²) in [6.45, 7) is 0.711. The molecule has 10 heavy (non-hydrogen) atoms. The topological polar surface area (TPSA) is 38.3 Å². The molecule has 1 atom stereocenters. The molecule has 1 aliphatic heterocycles. The maximum Gasteiger partial charge on any atom is 0.246 e. The third kappa shape index (κ3) is 1.74. The van der Waals surface area contributed by atoms with Crippen LogP contribution >= 0.6 is 0 Å². The van der Waals surface area contributed by atoms with Gasteiger partial charge in [0.2, 0.25) is 5.91 Å². The molecule has 1 aliphatic rings. The number of ether oxygens (including phenoxy) is 1. The average Bonchev–Trinajstić information content (AvgIpc) is 2.14. The summed E-state index contributed by atoms with van der Waals surface area (Å²) in [6, 6.07) is 0. The largest absolute Gasteiger partial charge is 0.356 e. The van der Waals surface area contributed by atoms with Crippen molar-refractivity contribution in [1.82, 2.24) is 5.32 Å². The summed E-state index contributed by atoms with van der Waals surface area (Å²) < 4.78 is 5.02. The summed E-state index contributed by atoms with van der Waals surface area (Å²) in [4.78, 5) is 10.6. The number of nitrogens with one attached hydrogen (secondary N) is 1. The molecule has 0 spiro atoms. The molecular formula is C7H9NO2. The lowest BCUT2D eigenvalue weighted by atomic mass is 10.3. The molecule has 1 amide bonds. The van der Waals surface area contributed by atoms with E-state index in [4.69, 9.17) is 11.2 Å². The quantitative estimate of drug-likeness (QED) is 0.460. The van der Waals surface area contributed by atoms with Crippen molar-refractivity contribution in [3.63, 3.8) is 0 Å². The number of hydrogen-bond donors (Lipinski definition) is 1. The van der Waals surface area contributed by atoms with E-state index in [-0.39, 0.29) is 18.6 Å². The molecule has 0 saturated carbocycles. The second-order valence-corrected chi connectivity index (χ2v) is 2.10. The van der Waals surface area contributed by atoms with Crippen LogP contribution in [0.1, 0.15) is 6.42 Å². The van der Waals surface area contributed by atoms with E-state index in [1.807, 2.05) is 0 Å². The Labute approximate surface area is 59.7 Å². The Bertz CT molecular complexity index is 171. The Morgan fingerprint density at radius 3 is 3.30 bits per heavy atom. The van der Waals surface area contributed by atoms with Gasteiger partial charge in [-0.25, -0.2) is 0 Å². The van der Waals surface area contributed by atoms with Crippen LogP contribution in [0.15, 0.2) is 0 Å². The van der Waals surface area contributed by atoms with Gasteiger partial charge in [0.15, 0.2) is 0 Å². The van der Waals surface area contributed by atoms with Crippen molar-refractivity contribution < 1.29 is 9.53 Å². The summed E-state index contributed by atoms with van der Waals surface area (Å²) in [5.74, 6) is 2.36. The predicted octanol–water partition coefficient (Wildman–Crippen LogP) is -0.475. The molecule has 0 bridgehead atoms. The molecule has 0 radical (unpaired) electrons. The van der Waals surface area contributed by atoms with Gasteiger partial charge in [0.1, 0.15) is 12.7 Å². The molecule has 1 heterocycles. The van der Waals surface area contributed by atoms with Crippen molar-refractivity contribution in [2.24, 2.45) is 0 Å². The fourth-order valence-corrected chi connectivity index (χ4v) is 0.785. The third-order valence-electron chi connectivity index (χ3n) is 1.33. The van der Waals surface area contributed by atoms with E-state index in [2.05, 4.69) is 11.2 Å². The van der Waals surface area contributed by atoms with E-state index in [0.717, 1.165) is 0 Å². The van der Waals surface area contributed by atoms with Crippen molar-refractivity contribution in [2.45, 2.75) is 12.5 Å². The Hall–Kier alpha value is -1.01. The molecule has 0 aliphatic carbocycles. The fraction of sp³-hybridized carbons (Fsp3) is 0.571. The van der Waals surface area contributed by atoms with Gasteiger partial charge < -0.3 is 10.1 Å². The van der Waals surface area contributed by atoms with Gasteiger partial charge in [-0.2, -0.15) is 0 Å². The number of hydrogen-bond acceptors (Lipinski definition) is 2. The molecule has 1 rings (SSSR count). The lowest BCUT2D eigenvalue weighted by Gasteiger charge is -2.03. The number of rotatable bonds is 0. The molecule has 1 N–H and O–H groups in total. The summed E-state index contributed by atoms with van der Waals surface area (Å²) >= 11 is 0. The van der Waals surface area contributed by atoms with Crippen LogP contribution in [0.4, 0.5) is 0 Å². The predicted molar refractivity (Wildman–Crippen MR) is 36.2 cm³/mol. The van der Waals surface area contributed by atoms with Crippen LogP contribution in [0, 0.1) is 12.3 Å². The van der Waals surface area contributed by atoms with Crippen molar-refractivity contribution in [3.05, 3.63) is 0 Å². The van der Waals surface area contributed by atoms with Crippen molar-refractivity contribution in [3.8, 4) is 12.3 Å². The van der Waals surface area contributed by atoms with E-state index in [9.17, 15) is 4.79 Å². The van der Waals surface area contributed by atoms with Crippen molar-refractivity contribution in [1.29, 1.82) is 0 Å². The Morgan fingerprint density at radius 1 is 1.80 bits per heavy atom. The normalized spacial score (nSPS) is 26.3. The first-order valence-corrected chi connectivity index (χ1v) is 3.17. The highest BCUT2D eigenvalue weighted by atomic mass is 16.5. The third-order valence-corrected chi connectivity index (χ3v) is 1.33. The van der Waals surface area contributed by atoms with Crippen molar-refractivity contribution in [2.75, 3.05) is 13.2 Å². The number of carbonyl (C=O) groups is 1. The molecular weight excluding hydrogens is 130 g/mol. The number of terminal acetylenes is 1. The van der Waals surface area contributed by atoms with Crippen molar-refractivity contribution >= 4 is 5.91 Å². The van der Waals surface area contributed by atoms with Crippen LogP contribution in [0.25, 0.3) is 0 Å². The summed E-state index contributed by atoms with van der Waals surface area (Å²) in [5.41, 5.74) is 0. The first-order chi connectivity index (χ1) is 4.83. The number of carbonyl (C=O) groups excluding carboxylic acids is 1. The van der Waals surface area contributed by atoms with Gasteiger partial charge in [0, 0.05) is 13.0 Å². The molecule has 0 aromatic rings. The van der Waals surface area contributed by atoms with Crippen LogP contribution in [0.2, 0.25) is 0 Å². The van der Waals surface area contributed by atoms with Crippen LogP contribution < -0.4 is 5.32 Å². The van der Waals surface area contributed by atoms with Crippen LogP contribution in [0.3, 0.4) is 0 Å². The van der Waals surface area contributed by atoms with Crippen LogP contribution in [-0.2, 0) is 9.53 Å². The smallest absolute Gasteiger partial charge is 0.246 e. The summed E-state index contributed by atoms with van der Waals surface area (Å²) in [6.07, 6.45) is 5.62. The van der Waals surface area contributed by atoms with Gasteiger partial charge in [-0.1, -0.05) is 5.92 Å². The second-order valence-electron chi connectivity index (χ2n) is 2.10. The molecule has 1 saturated heterocycles. The molecule has 0 aromatic carbocycles. The zero-order chi connectivity index (χ0) is 7.40. The van der Waals surface area contributed by atoms with E-state index < -0.39 is 0 Å². The molecule has 0 aromatic heterocycles. The Kier molecular flexibility index (Phi) is 2.30. The van der Waals surface area contributed by atoms with Gasteiger partial charge in [-0.05, 0) is 0 Å². The minimum atomic E-state index is -0.195. The van der Waals surface area contributed by atoms with Crippen LogP contribution in [-0.4, -0.2) is 25.2 Å². The fourth-order valence-electron chi connectivity index (χ4n) is 0.785. The first-order valence-electron chi connectivity index (χ1n) is 3.17. The highest BCUT2D eigenvalue weighted by Crippen LogP contribution is 1.98. The zero-order valence-corrected chi connectivity index (χ0v) is 5.59. The number of amides is 1. The van der Waals surface area contributed by atoms with Gasteiger partial charge in [-0.15, -0.1) is 6.42 Å².